The Morgan fingerprint density at radius 1 is 0.614 bits per heavy atom. The molecule has 0 saturated carbocycles. The molecule has 0 radical (unpaired) electrons. The van der Waals surface area contributed by atoms with E-state index in [1.54, 1.807) is 6.08 Å². The third-order valence-corrected chi connectivity index (χ3v) is 8.16. The highest BCUT2D eigenvalue weighted by Gasteiger charge is 2.20. The number of rotatable bonds is 32. The molecule has 5 nitrogen and oxygen atoms in total. The number of carbonyl (C=O) groups is 1. The van der Waals surface area contributed by atoms with Crippen LogP contribution in [0.1, 0.15) is 168 Å². The van der Waals surface area contributed by atoms with Gasteiger partial charge in [0.2, 0.25) is 5.91 Å². The lowest BCUT2D eigenvalue weighted by Gasteiger charge is -2.20. The summed E-state index contributed by atoms with van der Waals surface area (Å²) < 4.78 is 0. The molecule has 0 aromatic rings. The summed E-state index contributed by atoms with van der Waals surface area (Å²) in [6, 6.07) is -0.768. The SMILES string of the molecule is C/C=C/CC/C=C/CC/C=C/C(O)C(CO)NC(=O)CC(O)CCCCCCC/C=C\CCCCCCCCCCCCC. The predicted molar refractivity (Wildman–Crippen MR) is 190 cm³/mol. The number of amides is 1. The first-order valence-electron chi connectivity index (χ1n) is 18.4. The van der Waals surface area contributed by atoms with Gasteiger partial charge in [-0.05, 0) is 64.7 Å². The molecule has 0 spiro atoms. The summed E-state index contributed by atoms with van der Waals surface area (Å²) in [5, 5.41) is 32.9. The normalized spacial score (nSPS) is 14.4. The van der Waals surface area contributed by atoms with Crippen LogP contribution in [0.4, 0.5) is 0 Å². The molecule has 0 aliphatic rings. The van der Waals surface area contributed by atoms with Crippen molar-refractivity contribution in [2.45, 2.75) is 186 Å². The number of hydrogen-bond donors (Lipinski definition) is 4. The zero-order valence-electron chi connectivity index (χ0n) is 28.8. The number of carbonyl (C=O) groups excluding carboxylic acids is 1. The van der Waals surface area contributed by atoms with E-state index >= 15 is 0 Å². The van der Waals surface area contributed by atoms with Crippen molar-refractivity contribution in [2.75, 3.05) is 6.61 Å². The molecule has 256 valence electrons. The van der Waals surface area contributed by atoms with Crippen molar-refractivity contribution in [1.82, 2.24) is 5.32 Å². The molecule has 0 heterocycles. The van der Waals surface area contributed by atoms with E-state index in [1.807, 2.05) is 13.0 Å². The Hall–Kier alpha value is -1.69. The smallest absolute Gasteiger partial charge is 0.222 e. The zero-order valence-corrected chi connectivity index (χ0v) is 28.8. The summed E-state index contributed by atoms with van der Waals surface area (Å²) in [4.78, 5) is 12.3. The van der Waals surface area contributed by atoms with Crippen LogP contribution in [-0.4, -0.2) is 46.1 Å². The van der Waals surface area contributed by atoms with E-state index in [2.05, 4.69) is 48.7 Å². The Bertz CT molecular complexity index is 730. The second-order valence-electron chi connectivity index (χ2n) is 12.5. The van der Waals surface area contributed by atoms with Gasteiger partial charge in [-0.3, -0.25) is 4.79 Å². The molecular formula is C39H71NO4. The van der Waals surface area contributed by atoms with Crippen molar-refractivity contribution in [3.8, 4) is 0 Å². The second-order valence-corrected chi connectivity index (χ2v) is 12.5. The fraction of sp³-hybridized carbons (Fsp3) is 0.769. The Balaban J connectivity index is 3.70. The lowest BCUT2D eigenvalue weighted by atomic mass is 10.0. The van der Waals surface area contributed by atoms with Gasteiger partial charge in [-0.15, -0.1) is 0 Å². The summed E-state index contributed by atoms with van der Waals surface area (Å²) >= 11 is 0. The summed E-state index contributed by atoms with van der Waals surface area (Å²) in [5.41, 5.74) is 0. The zero-order chi connectivity index (χ0) is 32.4. The number of unbranched alkanes of at least 4 members (excludes halogenated alkanes) is 18. The van der Waals surface area contributed by atoms with E-state index in [4.69, 9.17) is 0 Å². The van der Waals surface area contributed by atoms with E-state index < -0.39 is 18.2 Å². The third kappa shape index (κ3) is 30.3. The van der Waals surface area contributed by atoms with Crippen molar-refractivity contribution in [2.24, 2.45) is 0 Å². The van der Waals surface area contributed by atoms with E-state index in [-0.39, 0.29) is 18.9 Å². The number of allylic oxidation sites excluding steroid dienone is 7. The molecule has 0 saturated heterocycles. The molecule has 4 N–H and O–H groups in total. The summed E-state index contributed by atoms with van der Waals surface area (Å²) in [5.74, 6) is -0.340. The van der Waals surface area contributed by atoms with Gasteiger partial charge in [0.05, 0.1) is 31.3 Å². The fourth-order valence-electron chi connectivity index (χ4n) is 5.31. The first kappa shape index (κ1) is 42.3. The van der Waals surface area contributed by atoms with Gasteiger partial charge >= 0.3 is 0 Å². The average Bonchev–Trinajstić information content (AvgIpc) is 3.01. The van der Waals surface area contributed by atoms with Gasteiger partial charge in [0, 0.05) is 0 Å². The van der Waals surface area contributed by atoms with Gasteiger partial charge in [0.1, 0.15) is 0 Å². The molecular weight excluding hydrogens is 546 g/mol. The molecule has 5 heteroatoms. The molecule has 0 bridgehead atoms. The number of hydrogen-bond acceptors (Lipinski definition) is 4. The minimum atomic E-state index is -0.959. The van der Waals surface area contributed by atoms with Gasteiger partial charge in [-0.2, -0.15) is 0 Å². The van der Waals surface area contributed by atoms with Crippen LogP contribution in [0.25, 0.3) is 0 Å². The minimum absolute atomic E-state index is 0.00509. The standard InChI is InChI=1S/C39H71NO4/c1-3-5-7-9-11-13-14-15-16-17-18-19-20-21-22-23-25-26-28-30-32-36(42)34-39(44)40-37(35-41)38(43)33-31-29-27-24-12-10-8-6-4-2/h4,6,12,20-21,24,31,33,36-38,41-43H,3,5,7-11,13-19,22-23,25-30,32,34-35H2,1-2H3,(H,40,44)/b6-4+,21-20-,24-12+,33-31+. The Morgan fingerprint density at radius 3 is 1.59 bits per heavy atom. The average molecular weight is 618 g/mol. The van der Waals surface area contributed by atoms with Gasteiger partial charge in [-0.1, -0.05) is 145 Å². The van der Waals surface area contributed by atoms with E-state index in [9.17, 15) is 20.1 Å². The summed E-state index contributed by atoms with van der Waals surface area (Å²) in [7, 11) is 0. The van der Waals surface area contributed by atoms with Crippen molar-refractivity contribution in [3.63, 3.8) is 0 Å². The molecule has 44 heavy (non-hydrogen) atoms. The first-order chi connectivity index (χ1) is 21.5. The molecule has 0 aromatic carbocycles. The quantitative estimate of drug-likeness (QED) is 0.0447. The van der Waals surface area contributed by atoms with Gasteiger partial charge < -0.3 is 20.6 Å². The summed E-state index contributed by atoms with van der Waals surface area (Å²) in [6.07, 6.45) is 42.6. The molecule has 0 rings (SSSR count). The molecule has 0 aromatic heterocycles. The van der Waals surface area contributed by atoms with Crippen LogP contribution in [0, 0.1) is 0 Å². The van der Waals surface area contributed by atoms with Crippen LogP contribution >= 0.6 is 0 Å². The van der Waals surface area contributed by atoms with Crippen LogP contribution in [-0.2, 0) is 4.79 Å². The van der Waals surface area contributed by atoms with Gasteiger partial charge in [-0.25, -0.2) is 0 Å². The molecule has 0 aliphatic heterocycles. The van der Waals surface area contributed by atoms with Crippen molar-refractivity contribution < 1.29 is 20.1 Å². The molecule has 1 amide bonds. The van der Waals surface area contributed by atoms with Crippen molar-refractivity contribution >= 4 is 5.91 Å². The number of aliphatic hydroxyl groups is 3. The highest BCUT2D eigenvalue weighted by Crippen LogP contribution is 2.13. The van der Waals surface area contributed by atoms with E-state index in [1.165, 1.54) is 89.9 Å². The maximum Gasteiger partial charge on any atom is 0.222 e. The topological polar surface area (TPSA) is 89.8 Å². The van der Waals surface area contributed by atoms with E-state index in [0.717, 1.165) is 51.4 Å². The van der Waals surface area contributed by atoms with Crippen LogP contribution < -0.4 is 5.32 Å². The maximum absolute atomic E-state index is 12.3. The minimum Gasteiger partial charge on any atom is -0.394 e. The van der Waals surface area contributed by atoms with Crippen LogP contribution in [0.3, 0.4) is 0 Å². The second kappa shape index (κ2) is 34.2. The number of aliphatic hydroxyl groups excluding tert-OH is 3. The maximum atomic E-state index is 12.3. The third-order valence-electron chi connectivity index (χ3n) is 8.16. The highest BCUT2D eigenvalue weighted by atomic mass is 16.3. The Morgan fingerprint density at radius 2 is 1.07 bits per heavy atom. The lowest BCUT2D eigenvalue weighted by molar-refractivity contribution is -0.124. The molecule has 0 fully saturated rings. The highest BCUT2D eigenvalue weighted by molar-refractivity contribution is 5.76. The van der Waals surface area contributed by atoms with Crippen molar-refractivity contribution in [1.29, 1.82) is 0 Å². The summed E-state index contributed by atoms with van der Waals surface area (Å²) in [6.45, 7) is 3.94. The van der Waals surface area contributed by atoms with Crippen LogP contribution in [0.2, 0.25) is 0 Å². The first-order valence-corrected chi connectivity index (χ1v) is 18.4. The van der Waals surface area contributed by atoms with Crippen LogP contribution in [0.15, 0.2) is 48.6 Å². The lowest BCUT2D eigenvalue weighted by Crippen LogP contribution is -2.45. The molecule has 3 atom stereocenters. The largest absolute Gasteiger partial charge is 0.394 e. The Labute approximate surface area is 272 Å². The van der Waals surface area contributed by atoms with Crippen LogP contribution in [0.5, 0.6) is 0 Å². The molecule has 0 aliphatic carbocycles. The number of nitrogens with one attached hydrogen (secondary N) is 1. The molecule has 3 unspecified atom stereocenters. The predicted octanol–water partition coefficient (Wildman–Crippen LogP) is 9.81. The Kier molecular flexibility index (Phi) is 32.9. The monoisotopic (exact) mass is 618 g/mol. The van der Waals surface area contributed by atoms with Crippen molar-refractivity contribution in [3.05, 3.63) is 48.6 Å². The van der Waals surface area contributed by atoms with E-state index in [0.29, 0.717) is 6.42 Å². The van der Waals surface area contributed by atoms with Gasteiger partial charge in [0.15, 0.2) is 0 Å². The fourth-order valence-corrected chi connectivity index (χ4v) is 5.31. The van der Waals surface area contributed by atoms with Gasteiger partial charge in [0.25, 0.3) is 0 Å².